The van der Waals surface area contributed by atoms with E-state index in [1.807, 2.05) is 18.2 Å². The van der Waals surface area contributed by atoms with E-state index in [9.17, 15) is 4.79 Å². The summed E-state index contributed by atoms with van der Waals surface area (Å²) in [4.78, 5) is 18.9. The van der Waals surface area contributed by atoms with Crippen molar-refractivity contribution < 1.29 is 9.32 Å². The van der Waals surface area contributed by atoms with E-state index < -0.39 is 0 Å². The highest BCUT2D eigenvalue weighted by atomic mass is 32.2. The fraction of sp³-hybridized carbons (Fsp3) is 0.385. The van der Waals surface area contributed by atoms with Crippen molar-refractivity contribution in [3.63, 3.8) is 0 Å². The van der Waals surface area contributed by atoms with Gasteiger partial charge in [-0.15, -0.1) is 11.8 Å². The zero-order valence-electron chi connectivity index (χ0n) is 19.2. The van der Waals surface area contributed by atoms with Gasteiger partial charge in [-0.2, -0.15) is 0 Å². The maximum absolute atomic E-state index is 12.8. The predicted octanol–water partition coefficient (Wildman–Crippen LogP) is 4.59. The first-order chi connectivity index (χ1) is 16.1. The number of carbonyl (C=O) groups is 1. The lowest BCUT2D eigenvalue weighted by atomic mass is 10.1. The van der Waals surface area contributed by atoms with Crippen molar-refractivity contribution in [1.29, 1.82) is 0 Å². The largest absolute Gasteiger partial charge is 0.366 e. The number of piperazine rings is 1. The molecule has 1 aromatic heterocycles. The number of nitrogens with one attached hydrogen (secondary N) is 1. The van der Waals surface area contributed by atoms with E-state index in [-0.39, 0.29) is 5.91 Å². The predicted molar refractivity (Wildman–Crippen MR) is 133 cm³/mol. The van der Waals surface area contributed by atoms with E-state index in [1.165, 1.54) is 16.1 Å². The number of carbonyl (C=O) groups excluding carboxylic acids is 1. The van der Waals surface area contributed by atoms with Gasteiger partial charge in [-0.05, 0) is 56.6 Å². The average Bonchev–Trinajstić information content (AvgIpc) is 3.27. The summed E-state index contributed by atoms with van der Waals surface area (Å²) in [7, 11) is 0. The molecule has 33 heavy (non-hydrogen) atoms. The van der Waals surface area contributed by atoms with Gasteiger partial charge in [0.2, 0.25) is 0 Å². The molecule has 6 nitrogen and oxygen atoms in total. The minimum atomic E-state index is -0.141. The Labute approximate surface area is 199 Å². The quantitative estimate of drug-likeness (QED) is 0.541. The SMILES string of the molecule is Cc1cccc(N2CCN(CCCNC(=O)c3noc4c3CSc3ccccc3-4)CC2C)c1. The Bertz CT molecular complexity index is 1140. The number of fused-ring (bicyclic) bond motifs is 3. The number of aryl methyl sites for hydroxylation is 1. The molecule has 2 aromatic carbocycles. The standard InChI is InChI=1S/C26H30N4O2S/c1-18-7-5-8-20(15-18)30-14-13-29(16-19(30)2)12-6-11-27-26(31)24-22-17-33-23-10-4-3-9-21(23)25(22)32-28-24/h3-5,7-10,15,19H,6,11-14,16-17H2,1-2H3,(H,27,31). The molecule has 0 spiro atoms. The Balaban J connectivity index is 1.10. The van der Waals surface area contributed by atoms with Gasteiger partial charge in [0, 0.05) is 59.7 Å². The van der Waals surface area contributed by atoms with Crippen LogP contribution < -0.4 is 10.2 Å². The molecule has 2 aliphatic rings. The molecule has 0 aliphatic carbocycles. The van der Waals surface area contributed by atoms with Gasteiger partial charge in [-0.25, -0.2) is 0 Å². The fourth-order valence-electron chi connectivity index (χ4n) is 4.78. The van der Waals surface area contributed by atoms with Crippen LogP contribution >= 0.6 is 11.8 Å². The Morgan fingerprint density at radius 3 is 2.94 bits per heavy atom. The van der Waals surface area contributed by atoms with Crippen LogP contribution in [-0.2, 0) is 5.75 Å². The number of hydrogen-bond acceptors (Lipinski definition) is 6. The summed E-state index contributed by atoms with van der Waals surface area (Å²) >= 11 is 1.72. The molecule has 1 saturated heterocycles. The lowest BCUT2D eigenvalue weighted by Gasteiger charge is -2.41. The molecule has 2 aliphatic heterocycles. The second-order valence-corrected chi connectivity index (χ2v) is 9.93. The minimum Gasteiger partial charge on any atom is -0.366 e. The number of thioether (sulfide) groups is 1. The van der Waals surface area contributed by atoms with Gasteiger partial charge in [0.25, 0.3) is 5.91 Å². The molecule has 0 bridgehead atoms. The number of anilines is 1. The monoisotopic (exact) mass is 462 g/mol. The molecule has 1 N–H and O–H groups in total. The van der Waals surface area contributed by atoms with Crippen LogP contribution in [0.3, 0.4) is 0 Å². The first-order valence-electron chi connectivity index (χ1n) is 11.6. The summed E-state index contributed by atoms with van der Waals surface area (Å²) in [5, 5.41) is 7.15. The maximum atomic E-state index is 12.8. The van der Waals surface area contributed by atoms with Gasteiger partial charge in [0.1, 0.15) is 0 Å². The number of hydrogen-bond donors (Lipinski definition) is 1. The summed E-state index contributed by atoms with van der Waals surface area (Å²) in [6.45, 7) is 9.16. The van der Waals surface area contributed by atoms with E-state index in [4.69, 9.17) is 4.52 Å². The van der Waals surface area contributed by atoms with Gasteiger partial charge in [-0.3, -0.25) is 9.69 Å². The average molecular weight is 463 g/mol. The van der Waals surface area contributed by atoms with E-state index in [0.29, 0.717) is 24.0 Å². The van der Waals surface area contributed by atoms with Crippen molar-refractivity contribution in [2.24, 2.45) is 0 Å². The number of benzene rings is 2. The highest BCUT2D eigenvalue weighted by Crippen LogP contribution is 2.42. The van der Waals surface area contributed by atoms with Crippen LogP contribution in [0.5, 0.6) is 0 Å². The first-order valence-corrected chi connectivity index (χ1v) is 12.6. The molecule has 1 unspecified atom stereocenters. The van der Waals surface area contributed by atoms with E-state index in [2.05, 4.69) is 64.5 Å². The third-order valence-electron chi connectivity index (χ3n) is 6.49. The number of rotatable bonds is 6. The van der Waals surface area contributed by atoms with Crippen LogP contribution in [0.4, 0.5) is 5.69 Å². The molecule has 0 saturated carbocycles. The van der Waals surface area contributed by atoms with E-state index >= 15 is 0 Å². The van der Waals surface area contributed by atoms with Crippen molar-refractivity contribution in [3.8, 4) is 11.3 Å². The van der Waals surface area contributed by atoms with Gasteiger partial charge < -0.3 is 14.7 Å². The number of nitrogens with zero attached hydrogens (tertiary/aromatic N) is 3. The van der Waals surface area contributed by atoms with E-state index in [0.717, 1.165) is 49.5 Å². The Morgan fingerprint density at radius 2 is 2.09 bits per heavy atom. The van der Waals surface area contributed by atoms with E-state index in [1.54, 1.807) is 11.8 Å². The normalized spacial score (nSPS) is 18.0. The lowest BCUT2D eigenvalue weighted by Crippen LogP contribution is -2.52. The first kappa shape index (κ1) is 22.0. The van der Waals surface area contributed by atoms with Crippen LogP contribution in [0.15, 0.2) is 57.9 Å². The highest BCUT2D eigenvalue weighted by molar-refractivity contribution is 7.98. The molecule has 172 valence electrons. The third kappa shape index (κ3) is 4.66. The molecule has 1 amide bonds. The number of aromatic nitrogens is 1. The van der Waals surface area contributed by atoms with Gasteiger partial charge in [-0.1, -0.05) is 29.4 Å². The van der Waals surface area contributed by atoms with Crippen molar-refractivity contribution in [1.82, 2.24) is 15.4 Å². The molecule has 1 fully saturated rings. The molecule has 3 aromatic rings. The van der Waals surface area contributed by atoms with Crippen LogP contribution in [0.25, 0.3) is 11.3 Å². The summed E-state index contributed by atoms with van der Waals surface area (Å²) < 4.78 is 5.56. The van der Waals surface area contributed by atoms with Gasteiger partial charge in [0.05, 0.1) is 0 Å². The summed E-state index contributed by atoms with van der Waals surface area (Å²) in [5.74, 6) is 1.30. The second kappa shape index (κ2) is 9.61. The zero-order valence-corrected chi connectivity index (χ0v) is 20.0. The summed E-state index contributed by atoms with van der Waals surface area (Å²) in [5.41, 5.74) is 4.96. The molecule has 0 radical (unpaired) electrons. The van der Waals surface area contributed by atoms with Crippen molar-refractivity contribution >= 4 is 23.4 Å². The summed E-state index contributed by atoms with van der Waals surface area (Å²) in [6, 6.07) is 17.3. The zero-order chi connectivity index (χ0) is 22.8. The topological polar surface area (TPSA) is 61.6 Å². The number of amides is 1. The Morgan fingerprint density at radius 1 is 1.21 bits per heavy atom. The molecule has 3 heterocycles. The maximum Gasteiger partial charge on any atom is 0.273 e. The molecule has 5 rings (SSSR count). The smallest absolute Gasteiger partial charge is 0.273 e. The van der Waals surface area contributed by atoms with Gasteiger partial charge >= 0.3 is 0 Å². The fourth-order valence-corrected chi connectivity index (χ4v) is 5.84. The van der Waals surface area contributed by atoms with Crippen LogP contribution in [0.2, 0.25) is 0 Å². The van der Waals surface area contributed by atoms with Gasteiger partial charge in [0.15, 0.2) is 11.5 Å². The second-order valence-electron chi connectivity index (χ2n) is 8.92. The van der Waals surface area contributed by atoms with Crippen LogP contribution in [0, 0.1) is 6.92 Å². The third-order valence-corrected chi connectivity index (χ3v) is 7.59. The Kier molecular flexibility index (Phi) is 6.42. The molecular weight excluding hydrogens is 432 g/mol. The summed E-state index contributed by atoms with van der Waals surface area (Å²) in [6.07, 6.45) is 0.917. The van der Waals surface area contributed by atoms with Crippen molar-refractivity contribution in [3.05, 3.63) is 65.4 Å². The highest BCUT2D eigenvalue weighted by Gasteiger charge is 2.28. The molecule has 1 atom stereocenters. The minimum absolute atomic E-state index is 0.141. The Hall–Kier alpha value is -2.77. The molecule has 7 heteroatoms. The van der Waals surface area contributed by atoms with Crippen molar-refractivity contribution in [2.75, 3.05) is 37.6 Å². The van der Waals surface area contributed by atoms with Crippen LogP contribution in [0.1, 0.15) is 35.0 Å². The van der Waals surface area contributed by atoms with Crippen LogP contribution in [-0.4, -0.2) is 54.7 Å². The molecular formula is C26H30N4O2S. The lowest BCUT2D eigenvalue weighted by molar-refractivity contribution is 0.0941. The van der Waals surface area contributed by atoms with Crippen molar-refractivity contribution in [2.45, 2.75) is 37.0 Å².